The Bertz CT molecular complexity index is 328. The maximum Gasteiger partial charge on any atom is 0.125 e. The number of nitrogens with zero attached hydrogens (tertiary/aromatic N) is 2. The third-order valence-electron chi connectivity index (χ3n) is 2.80. The van der Waals surface area contributed by atoms with Crippen molar-refractivity contribution in [1.29, 1.82) is 0 Å². The van der Waals surface area contributed by atoms with Crippen molar-refractivity contribution in [3.05, 3.63) is 30.4 Å². The van der Waals surface area contributed by atoms with Crippen LogP contribution >= 0.6 is 0 Å². The van der Waals surface area contributed by atoms with Crippen LogP contribution in [0.5, 0.6) is 0 Å². The fourth-order valence-electron chi connectivity index (χ4n) is 1.72. The van der Waals surface area contributed by atoms with Gasteiger partial charge in [0.2, 0.25) is 0 Å². The molecule has 0 aromatic carbocycles. The lowest BCUT2D eigenvalue weighted by Gasteiger charge is -2.19. The summed E-state index contributed by atoms with van der Waals surface area (Å²) in [7, 11) is 2.04. The van der Waals surface area contributed by atoms with Crippen LogP contribution in [0, 0.1) is 0 Å². The van der Waals surface area contributed by atoms with Crippen LogP contribution in [0.1, 0.15) is 45.0 Å². The Morgan fingerprint density at radius 2 is 2.31 bits per heavy atom. The zero-order valence-electron chi connectivity index (χ0n) is 10.7. The third-order valence-corrected chi connectivity index (χ3v) is 2.80. The highest BCUT2D eigenvalue weighted by Crippen LogP contribution is 2.20. The van der Waals surface area contributed by atoms with Crippen LogP contribution in [0.15, 0.2) is 24.5 Å². The van der Waals surface area contributed by atoms with Gasteiger partial charge < -0.3 is 9.88 Å². The Hall–Kier alpha value is -1.09. The SMILES string of the molecule is C=C(CC)CC(NCCC)c1nccn1C. The predicted molar refractivity (Wildman–Crippen MR) is 68.3 cm³/mol. The zero-order chi connectivity index (χ0) is 12.0. The molecule has 3 nitrogen and oxygen atoms in total. The summed E-state index contributed by atoms with van der Waals surface area (Å²) >= 11 is 0. The summed E-state index contributed by atoms with van der Waals surface area (Å²) in [6, 6.07) is 0.299. The quantitative estimate of drug-likeness (QED) is 0.718. The average molecular weight is 221 g/mol. The summed E-state index contributed by atoms with van der Waals surface area (Å²) in [5.41, 5.74) is 1.27. The van der Waals surface area contributed by atoms with Gasteiger partial charge in [-0.15, -0.1) is 0 Å². The number of hydrogen-bond acceptors (Lipinski definition) is 2. The number of rotatable bonds is 7. The lowest BCUT2D eigenvalue weighted by Crippen LogP contribution is -2.25. The van der Waals surface area contributed by atoms with Gasteiger partial charge >= 0.3 is 0 Å². The molecule has 0 saturated heterocycles. The molecule has 90 valence electrons. The molecule has 0 amide bonds. The standard InChI is InChI=1S/C13H23N3/c1-5-7-14-12(10-11(3)6-2)13-15-8-9-16(13)4/h8-9,12,14H,3,5-7,10H2,1-2,4H3. The van der Waals surface area contributed by atoms with Crippen LogP contribution in [0.3, 0.4) is 0 Å². The normalized spacial score (nSPS) is 12.7. The summed E-state index contributed by atoms with van der Waals surface area (Å²) in [5, 5.41) is 3.53. The van der Waals surface area contributed by atoms with Gasteiger partial charge in [0.05, 0.1) is 6.04 Å². The molecule has 3 heteroatoms. The van der Waals surface area contributed by atoms with Crippen molar-refractivity contribution < 1.29 is 0 Å². The molecule has 0 spiro atoms. The van der Waals surface area contributed by atoms with E-state index >= 15 is 0 Å². The number of nitrogens with one attached hydrogen (secondary N) is 1. The molecule has 1 atom stereocenters. The minimum Gasteiger partial charge on any atom is -0.337 e. The monoisotopic (exact) mass is 221 g/mol. The second-order valence-electron chi connectivity index (χ2n) is 4.21. The van der Waals surface area contributed by atoms with E-state index in [4.69, 9.17) is 0 Å². The second kappa shape index (κ2) is 6.48. The van der Waals surface area contributed by atoms with Crippen molar-refractivity contribution in [2.45, 2.75) is 39.2 Å². The molecule has 0 aliphatic heterocycles. The maximum absolute atomic E-state index is 4.42. The number of aryl methyl sites for hydroxylation is 1. The van der Waals surface area contributed by atoms with Crippen molar-refractivity contribution in [1.82, 2.24) is 14.9 Å². The van der Waals surface area contributed by atoms with Crippen molar-refractivity contribution >= 4 is 0 Å². The van der Waals surface area contributed by atoms with Crippen molar-refractivity contribution in [2.24, 2.45) is 7.05 Å². The number of aromatic nitrogens is 2. The minimum atomic E-state index is 0.299. The Kier molecular flexibility index (Phi) is 5.26. The fraction of sp³-hybridized carbons (Fsp3) is 0.615. The summed E-state index contributed by atoms with van der Waals surface area (Å²) in [6.07, 6.45) is 6.99. The summed E-state index contributed by atoms with van der Waals surface area (Å²) in [6.45, 7) is 9.43. The highest BCUT2D eigenvalue weighted by Gasteiger charge is 2.15. The molecule has 0 bridgehead atoms. The minimum absolute atomic E-state index is 0.299. The number of hydrogen-bond donors (Lipinski definition) is 1. The molecule has 0 radical (unpaired) electrons. The smallest absolute Gasteiger partial charge is 0.125 e. The van der Waals surface area contributed by atoms with Gasteiger partial charge in [0, 0.05) is 19.4 Å². The van der Waals surface area contributed by atoms with Crippen molar-refractivity contribution in [3.8, 4) is 0 Å². The summed E-state index contributed by atoms with van der Waals surface area (Å²) in [5.74, 6) is 1.10. The van der Waals surface area contributed by atoms with Gasteiger partial charge in [-0.3, -0.25) is 0 Å². The Labute approximate surface area is 98.6 Å². The Morgan fingerprint density at radius 3 is 2.81 bits per heavy atom. The molecule has 1 aromatic rings. The van der Waals surface area contributed by atoms with E-state index in [1.54, 1.807) is 0 Å². The van der Waals surface area contributed by atoms with Crippen LogP contribution in [-0.4, -0.2) is 16.1 Å². The Balaban J connectivity index is 2.71. The van der Waals surface area contributed by atoms with E-state index in [1.807, 2.05) is 19.4 Å². The topological polar surface area (TPSA) is 29.9 Å². The van der Waals surface area contributed by atoms with E-state index in [0.717, 1.165) is 31.6 Å². The highest BCUT2D eigenvalue weighted by molar-refractivity contribution is 5.06. The molecular weight excluding hydrogens is 198 g/mol. The highest BCUT2D eigenvalue weighted by atomic mass is 15.1. The first kappa shape index (κ1) is 13.0. The van der Waals surface area contributed by atoms with E-state index < -0.39 is 0 Å². The molecule has 1 unspecified atom stereocenters. The van der Waals surface area contributed by atoms with Crippen LogP contribution < -0.4 is 5.32 Å². The Morgan fingerprint density at radius 1 is 1.56 bits per heavy atom. The van der Waals surface area contributed by atoms with Crippen LogP contribution in [0.25, 0.3) is 0 Å². The van der Waals surface area contributed by atoms with Crippen LogP contribution in [0.2, 0.25) is 0 Å². The van der Waals surface area contributed by atoms with Gasteiger partial charge in [0.25, 0.3) is 0 Å². The number of imidazole rings is 1. The van der Waals surface area contributed by atoms with E-state index in [9.17, 15) is 0 Å². The molecule has 1 heterocycles. The van der Waals surface area contributed by atoms with Crippen LogP contribution in [0.4, 0.5) is 0 Å². The van der Waals surface area contributed by atoms with Gasteiger partial charge in [0.15, 0.2) is 0 Å². The molecular formula is C13H23N3. The van der Waals surface area contributed by atoms with E-state index in [1.165, 1.54) is 5.57 Å². The molecule has 0 aliphatic rings. The third kappa shape index (κ3) is 3.49. The molecule has 1 rings (SSSR count). The van der Waals surface area contributed by atoms with Crippen molar-refractivity contribution in [3.63, 3.8) is 0 Å². The van der Waals surface area contributed by atoms with Crippen LogP contribution in [-0.2, 0) is 7.05 Å². The average Bonchev–Trinajstić information content (AvgIpc) is 2.70. The largest absolute Gasteiger partial charge is 0.337 e. The summed E-state index contributed by atoms with van der Waals surface area (Å²) < 4.78 is 2.08. The first-order chi connectivity index (χ1) is 7.69. The van der Waals surface area contributed by atoms with E-state index in [2.05, 4.69) is 35.3 Å². The lowest BCUT2D eigenvalue weighted by atomic mass is 10.0. The predicted octanol–water partition coefficient (Wildman–Crippen LogP) is 2.82. The van der Waals surface area contributed by atoms with Gasteiger partial charge in [-0.05, 0) is 25.8 Å². The second-order valence-corrected chi connectivity index (χ2v) is 4.21. The van der Waals surface area contributed by atoms with E-state index in [-0.39, 0.29) is 0 Å². The lowest BCUT2D eigenvalue weighted by molar-refractivity contribution is 0.487. The zero-order valence-corrected chi connectivity index (χ0v) is 10.7. The van der Waals surface area contributed by atoms with E-state index in [0.29, 0.717) is 6.04 Å². The fourth-order valence-corrected chi connectivity index (χ4v) is 1.72. The molecule has 0 aliphatic carbocycles. The molecule has 1 N–H and O–H groups in total. The first-order valence-electron chi connectivity index (χ1n) is 6.06. The molecule has 16 heavy (non-hydrogen) atoms. The maximum atomic E-state index is 4.42. The first-order valence-corrected chi connectivity index (χ1v) is 6.06. The summed E-state index contributed by atoms with van der Waals surface area (Å²) in [4.78, 5) is 4.42. The molecule has 0 saturated carbocycles. The van der Waals surface area contributed by atoms with Gasteiger partial charge in [-0.2, -0.15) is 0 Å². The van der Waals surface area contributed by atoms with Crippen molar-refractivity contribution in [2.75, 3.05) is 6.54 Å². The molecule has 0 fully saturated rings. The molecule has 1 aromatic heterocycles. The van der Waals surface area contributed by atoms with Gasteiger partial charge in [0.1, 0.15) is 5.82 Å². The van der Waals surface area contributed by atoms with Gasteiger partial charge in [-0.25, -0.2) is 4.98 Å². The van der Waals surface area contributed by atoms with Gasteiger partial charge in [-0.1, -0.05) is 26.0 Å².